The van der Waals surface area contributed by atoms with Gasteiger partial charge in [-0.15, -0.1) is 0 Å². The number of rotatable bonds is 5. The van der Waals surface area contributed by atoms with Gasteiger partial charge in [-0.2, -0.15) is 5.10 Å². The smallest absolute Gasteiger partial charge is 0.273 e. The summed E-state index contributed by atoms with van der Waals surface area (Å²) in [6.45, 7) is 1.62. The third kappa shape index (κ3) is 4.63. The van der Waals surface area contributed by atoms with Gasteiger partial charge < -0.3 is 4.90 Å². The van der Waals surface area contributed by atoms with Gasteiger partial charge in [0.25, 0.3) is 11.6 Å². The molecule has 0 saturated heterocycles. The number of anilines is 1. The Morgan fingerprint density at radius 1 is 1.28 bits per heavy atom. The number of nitrogens with zero attached hydrogens (tertiary/aromatic N) is 3. The standard InChI is InChI=1S/C17H17BrN4O3/c1-11-4-6-13(9-16(11)22(24)25)17(23)20-19-10-12-5-7-15(21(2)3)14(18)8-12/h4-10H,1-3H3,(H,20,23)/b19-10-. The van der Waals surface area contributed by atoms with Crippen LogP contribution in [0.5, 0.6) is 0 Å². The van der Waals surface area contributed by atoms with Gasteiger partial charge in [0.2, 0.25) is 0 Å². The van der Waals surface area contributed by atoms with E-state index in [1.165, 1.54) is 24.4 Å². The van der Waals surface area contributed by atoms with Crippen LogP contribution < -0.4 is 10.3 Å². The number of hydrazone groups is 1. The van der Waals surface area contributed by atoms with Gasteiger partial charge in [-0.05, 0) is 46.6 Å². The molecule has 0 bridgehead atoms. The molecule has 0 aromatic heterocycles. The molecule has 0 fully saturated rings. The van der Waals surface area contributed by atoms with Crippen LogP contribution in [0.2, 0.25) is 0 Å². The summed E-state index contributed by atoms with van der Waals surface area (Å²) in [4.78, 5) is 24.5. The number of aryl methyl sites for hydroxylation is 1. The van der Waals surface area contributed by atoms with Crippen LogP contribution in [-0.2, 0) is 0 Å². The van der Waals surface area contributed by atoms with Crippen molar-refractivity contribution in [2.45, 2.75) is 6.92 Å². The molecule has 130 valence electrons. The quantitative estimate of drug-likeness (QED) is 0.469. The minimum Gasteiger partial charge on any atom is -0.377 e. The van der Waals surface area contributed by atoms with Crippen LogP contribution in [0.15, 0.2) is 46.0 Å². The average molecular weight is 405 g/mol. The van der Waals surface area contributed by atoms with E-state index in [1.54, 1.807) is 6.92 Å². The highest BCUT2D eigenvalue weighted by atomic mass is 79.9. The fourth-order valence-electron chi connectivity index (χ4n) is 2.14. The largest absolute Gasteiger partial charge is 0.377 e. The van der Waals surface area contributed by atoms with Gasteiger partial charge in [-0.1, -0.05) is 12.1 Å². The molecule has 0 saturated carbocycles. The van der Waals surface area contributed by atoms with Crippen LogP contribution >= 0.6 is 15.9 Å². The molecule has 2 aromatic carbocycles. The van der Waals surface area contributed by atoms with Crippen molar-refractivity contribution in [3.05, 3.63) is 67.7 Å². The number of carbonyl (C=O) groups excluding carboxylic acids is 1. The molecule has 2 rings (SSSR count). The molecule has 2 aromatic rings. The minimum absolute atomic E-state index is 0.0974. The highest BCUT2D eigenvalue weighted by molar-refractivity contribution is 9.10. The Bertz CT molecular complexity index is 850. The van der Waals surface area contributed by atoms with Gasteiger partial charge in [-0.3, -0.25) is 14.9 Å². The van der Waals surface area contributed by atoms with Crippen LogP contribution in [0, 0.1) is 17.0 Å². The summed E-state index contributed by atoms with van der Waals surface area (Å²) < 4.78 is 0.905. The molecule has 8 heteroatoms. The fourth-order valence-corrected chi connectivity index (χ4v) is 2.89. The molecule has 0 aliphatic rings. The predicted molar refractivity (Wildman–Crippen MR) is 101 cm³/mol. The lowest BCUT2D eigenvalue weighted by Crippen LogP contribution is -2.17. The van der Waals surface area contributed by atoms with Crippen molar-refractivity contribution >= 4 is 39.4 Å². The van der Waals surface area contributed by atoms with E-state index >= 15 is 0 Å². The summed E-state index contributed by atoms with van der Waals surface area (Å²) in [6, 6.07) is 9.97. The maximum Gasteiger partial charge on any atom is 0.273 e. The molecular weight excluding hydrogens is 388 g/mol. The Morgan fingerprint density at radius 2 is 2.00 bits per heavy atom. The zero-order chi connectivity index (χ0) is 18.6. The first-order valence-corrected chi connectivity index (χ1v) is 8.14. The number of benzene rings is 2. The summed E-state index contributed by atoms with van der Waals surface area (Å²) >= 11 is 3.48. The summed E-state index contributed by atoms with van der Waals surface area (Å²) in [5.41, 5.74) is 4.77. The molecular formula is C17H17BrN4O3. The number of nitrogens with one attached hydrogen (secondary N) is 1. The Balaban J connectivity index is 2.09. The summed E-state index contributed by atoms with van der Waals surface area (Å²) in [5, 5.41) is 14.8. The fraction of sp³-hybridized carbons (Fsp3) is 0.176. The summed E-state index contributed by atoms with van der Waals surface area (Å²) in [7, 11) is 3.88. The summed E-state index contributed by atoms with van der Waals surface area (Å²) in [6.07, 6.45) is 1.50. The molecule has 0 atom stereocenters. The lowest BCUT2D eigenvalue weighted by Gasteiger charge is -2.14. The molecule has 0 heterocycles. The van der Waals surface area contributed by atoms with Gasteiger partial charge in [0.05, 0.1) is 16.8 Å². The number of carbonyl (C=O) groups is 1. The van der Waals surface area contributed by atoms with Crippen LogP contribution in [0.1, 0.15) is 21.5 Å². The van der Waals surface area contributed by atoms with Crippen molar-refractivity contribution < 1.29 is 9.72 Å². The third-order valence-corrected chi connectivity index (χ3v) is 4.14. The predicted octanol–water partition coefficient (Wildman–Crippen LogP) is 3.50. The number of hydrogen-bond acceptors (Lipinski definition) is 5. The van der Waals surface area contributed by atoms with E-state index in [2.05, 4.69) is 26.5 Å². The maximum absolute atomic E-state index is 12.1. The van der Waals surface area contributed by atoms with Gasteiger partial charge in [0.1, 0.15) is 0 Å². The Labute approximate surface area is 153 Å². The summed E-state index contributed by atoms with van der Waals surface area (Å²) in [5.74, 6) is -0.511. The van der Waals surface area contributed by atoms with Crippen LogP contribution in [0.3, 0.4) is 0 Å². The molecule has 1 amide bonds. The second-order valence-electron chi connectivity index (χ2n) is 5.56. The van der Waals surface area contributed by atoms with E-state index < -0.39 is 10.8 Å². The highest BCUT2D eigenvalue weighted by Gasteiger charge is 2.14. The van der Waals surface area contributed by atoms with Crippen molar-refractivity contribution in [1.82, 2.24) is 5.43 Å². The van der Waals surface area contributed by atoms with E-state index in [0.717, 1.165) is 15.7 Å². The van der Waals surface area contributed by atoms with Crippen LogP contribution in [0.25, 0.3) is 0 Å². The van der Waals surface area contributed by atoms with Crippen molar-refractivity contribution in [2.75, 3.05) is 19.0 Å². The third-order valence-electron chi connectivity index (χ3n) is 3.50. The number of amides is 1. The molecule has 25 heavy (non-hydrogen) atoms. The van der Waals surface area contributed by atoms with E-state index in [4.69, 9.17) is 0 Å². The zero-order valence-electron chi connectivity index (χ0n) is 14.0. The van der Waals surface area contributed by atoms with Gasteiger partial charge in [0.15, 0.2) is 0 Å². The topological polar surface area (TPSA) is 87.8 Å². The van der Waals surface area contributed by atoms with Crippen molar-refractivity contribution in [2.24, 2.45) is 5.10 Å². The Kier molecular flexibility index (Phi) is 5.87. The van der Waals surface area contributed by atoms with Crippen molar-refractivity contribution in [3.63, 3.8) is 0 Å². The van der Waals surface area contributed by atoms with E-state index in [9.17, 15) is 14.9 Å². The second-order valence-corrected chi connectivity index (χ2v) is 6.42. The van der Waals surface area contributed by atoms with E-state index in [1.807, 2.05) is 37.2 Å². The molecule has 0 aliphatic heterocycles. The first-order valence-electron chi connectivity index (χ1n) is 7.35. The molecule has 0 aliphatic carbocycles. The van der Waals surface area contributed by atoms with Crippen LogP contribution in [-0.4, -0.2) is 31.1 Å². The normalized spacial score (nSPS) is 10.7. The SMILES string of the molecule is Cc1ccc(C(=O)N/N=C\c2ccc(N(C)C)c(Br)c2)cc1[N+](=O)[O-]. The highest BCUT2D eigenvalue weighted by Crippen LogP contribution is 2.25. The average Bonchev–Trinajstić information content (AvgIpc) is 2.54. The van der Waals surface area contributed by atoms with Gasteiger partial charge in [-0.25, -0.2) is 5.43 Å². The lowest BCUT2D eigenvalue weighted by atomic mass is 10.1. The van der Waals surface area contributed by atoms with Gasteiger partial charge in [0, 0.05) is 35.8 Å². The molecule has 1 N–H and O–H groups in total. The van der Waals surface area contributed by atoms with Crippen LogP contribution in [0.4, 0.5) is 11.4 Å². The minimum atomic E-state index is -0.515. The molecule has 7 nitrogen and oxygen atoms in total. The van der Waals surface area contributed by atoms with Crippen molar-refractivity contribution in [3.8, 4) is 0 Å². The first kappa shape index (κ1) is 18.6. The Hall–Kier alpha value is -2.74. The van der Waals surface area contributed by atoms with E-state index in [-0.39, 0.29) is 11.3 Å². The lowest BCUT2D eigenvalue weighted by molar-refractivity contribution is -0.385. The molecule has 0 radical (unpaired) electrons. The van der Waals surface area contributed by atoms with Gasteiger partial charge >= 0.3 is 0 Å². The first-order chi connectivity index (χ1) is 11.8. The second kappa shape index (κ2) is 7.89. The zero-order valence-corrected chi connectivity index (χ0v) is 15.6. The monoisotopic (exact) mass is 404 g/mol. The molecule has 0 spiro atoms. The number of nitro benzene ring substituents is 1. The van der Waals surface area contributed by atoms with Crippen molar-refractivity contribution in [1.29, 1.82) is 0 Å². The maximum atomic E-state index is 12.1. The number of halogens is 1. The van der Waals surface area contributed by atoms with E-state index in [0.29, 0.717) is 5.56 Å². The number of hydrogen-bond donors (Lipinski definition) is 1. The number of nitro groups is 1. The molecule has 0 unspecified atom stereocenters. The Morgan fingerprint density at radius 3 is 2.60 bits per heavy atom.